The summed E-state index contributed by atoms with van der Waals surface area (Å²) in [6, 6.07) is 85.8. The second-order valence-electron chi connectivity index (χ2n) is 16.1. The van der Waals surface area contributed by atoms with Gasteiger partial charge in [-0.25, -0.2) is 0 Å². The molecule has 302 valence electrons. The first-order valence-electron chi connectivity index (χ1n) is 21.7. The first kappa shape index (κ1) is 37.2. The van der Waals surface area contributed by atoms with Gasteiger partial charge in [-0.2, -0.15) is 0 Å². The highest BCUT2D eigenvalue weighted by Gasteiger charge is 2.26. The summed E-state index contributed by atoms with van der Waals surface area (Å²) in [6.45, 7) is 0. The lowest BCUT2D eigenvalue weighted by atomic mass is 10.0. The molecule has 0 atom stereocenters. The van der Waals surface area contributed by atoms with Crippen LogP contribution in [-0.2, 0) is 0 Å². The summed E-state index contributed by atoms with van der Waals surface area (Å²) < 4.78 is 15.4. The average Bonchev–Trinajstić information content (AvgIpc) is 3.71. The summed E-state index contributed by atoms with van der Waals surface area (Å²) in [7, 11) is 0. The Kier molecular flexibility index (Phi) is 9.12. The third-order valence-electron chi connectivity index (χ3n) is 12.3. The SMILES string of the molecule is c1ccc(-c2ccc(N(c3ccc(-c4ccccc4)cc3)c3ccc(-c4ccc(-n5c6ccc(-c7ccccc7)cc6c6ccc7c(c65)Oc5ccccc5O7)cc4)cc3)cc2)cc1. The van der Waals surface area contributed by atoms with Crippen molar-refractivity contribution in [2.75, 3.05) is 4.90 Å². The summed E-state index contributed by atoms with van der Waals surface area (Å²) in [6.07, 6.45) is 0. The van der Waals surface area contributed by atoms with Gasteiger partial charge in [0.05, 0.1) is 5.52 Å². The van der Waals surface area contributed by atoms with Crippen LogP contribution in [0.5, 0.6) is 23.0 Å². The topological polar surface area (TPSA) is 26.6 Å². The molecule has 10 aromatic carbocycles. The molecule has 4 nitrogen and oxygen atoms in total. The summed E-state index contributed by atoms with van der Waals surface area (Å²) in [5, 5.41) is 2.25. The molecule has 0 unspecified atom stereocenters. The van der Waals surface area contributed by atoms with Crippen molar-refractivity contribution in [3.05, 3.63) is 243 Å². The predicted octanol–water partition coefficient (Wildman–Crippen LogP) is 16.8. The molecule has 4 heteroatoms. The van der Waals surface area contributed by atoms with Crippen LogP contribution in [0, 0.1) is 0 Å². The van der Waals surface area contributed by atoms with E-state index in [2.05, 4.69) is 222 Å². The number of anilines is 3. The number of hydrogen-bond acceptors (Lipinski definition) is 3. The Morgan fingerprint density at radius 2 is 0.703 bits per heavy atom. The quantitative estimate of drug-likeness (QED) is 0.153. The normalized spacial score (nSPS) is 11.7. The van der Waals surface area contributed by atoms with E-state index < -0.39 is 0 Å². The van der Waals surface area contributed by atoms with Crippen LogP contribution in [0.15, 0.2) is 243 Å². The van der Waals surface area contributed by atoms with E-state index in [9.17, 15) is 0 Å². The summed E-state index contributed by atoms with van der Waals surface area (Å²) in [4.78, 5) is 2.33. The van der Waals surface area contributed by atoms with Crippen molar-refractivity contribution in [3.63, 3.8) is 0 Å². The summed E-state index contributed by atoms with van der Waals surface area (Å²) in [5.41, 5.74) is 15.7. The second-order valence-corrected chi connectivity index (χ2v) is 16.1. The number of aromatic nitrogens is 1. The lowest BCUT2D eigenvalue weighted by Gasteiger charge is -2.26. The Balaban J connectivity index is 0.912. The molecule has 1 aromatic heterocycles. The van der Waals surface area contributed by atoms with Gasteiger partial charge in [-0.15, -0.1) is 0 Å². The maximum absolute atomic E-state index is 6.69. The highest BCUT2D eigenvalue weighted by Crippen LogP contribution is 2.51. The van der Waals surface area contributed by atoms with Gasteiger partial charge in [-0.3, -0.25) is 0 Å². The van der Waals surface area contributed by atoms with Crippen LogP contribution >= 0.6 is 0 Å². The van der Waals surface area contributed by atoms with Crippen molar-refractivity contribution in [1.29, 1.82) is 0 Å². The Morgan fingerprint density at radius 3 is 1.20 bits per heavy atom. The van der Waals surface area contributed by atoms with Gasteiger partial charge in [0, 0.05) is 33.5 Å². The molecule has 0 spiro atoms. The van der Waals surface area contributed by atoms with E-state index in [0.29, 0.717) is 23.0 Å². The highest BCUT2D eigenvalue weighted by molar-refractivity contribution is 6.13. The van der Waals surface area contributed by atoms with Crippen LogP contribution in [0.2, 0.25) is 0 Å². The van der Waals surface area contributed by atoms with Gasteiger partial charge in [-0.1, -0.05) is 158 Å². The molecule has 1 aliphatic rings. The number of benzene rings is 10. The minimum absolute atomic E-state index is 0.698. The fourth-order valence-corrected chi connectivity index (χ4v) is 9.08. The molecule has 12 rings (SSSR count). The zero-order valence-electron chi connectivity index (χ0n) is 34.8. The maximum atomic E-state index is 6.69. The third kappa shape index (κ3) is 6.66. The first-order valence-corrected chi connectivity index (χ1v) is 21.7. The number of ether oxygens (including phenoxy) is 2. The second kappa shape index (κ2) is 15.7. The molecule has 0 amide bonds. The average molecular weight is 821 g/mol. The molecule has 2 heterocycles. The smallest absolute Gasteiger partial charge is 0.194 e. The van der Waals surface area contributed by atoms with Gasteiger partial charge in [0.1, 0.15) is 5.52 Å². The molecule has 0 fully saturated rings. The number of nitrogens with zero attached hydrogens (tertiary/aromatic N) is 2. The van der Waals surface area contributed by atoms with Crippen molar-refractivity contribution in [3.8, 4) is 73.2 Å². The molecule has 0 saturated heterocycles. The molecule has 11 aromatic rings. The van der Waals surface area contributed by atoms with Crippen LogP contribution < -0.4 is 14.4 Å². The van der Waals surface area contributed by atoms with Gasteiger partial charge >= 0.3 is 0 Å². The Hall–Kier alpha value is -8.60. The highest BCUT2D eigenvalue weighted by atomic mass is 16.6. The van der Waals surface area contributed by atoms with Crippen molar-refractivity contribution in [1.82, 2.24) is 4.57 Å². The van der Waals surface area contributed by atoms with Crippen LogP contribution in [0.4, 0.5) is 17.1 Å². The first-order chi connectivity index (χ1) is 31.7. The molecule has 0 aliphatic carbocycles. The van der Waals surface area contributed by atoms with E-state index in [1.54, 1.807) is 0 Å². The van der Waals surface area contributed by atoms with Gasteiger partial charge in [0.25, 0.3) is 0 Å². The van der Waals surface area contributed by atoms with E-state index in [1.807, 2.05) is 30.3 Å². The molecular formula is C60H40N2O2. The molecule has 0 radical (unpaired) electrons. The van der Waals surface area contributed by atoms with Crippen LogP contribution in [0.1, 0.15) is 0 Å². The predicted molar refractivity (Wildman–Crippen MR) is 264 cm³/mol. The zero-order valence-corrected chi connectivity index (χ0v) is 34.8. The van der Waals surface area contributed by atoms with Gasteiger partial charge in [0.2, 0.25) is 0 Å². The molecule has 64 heavy (non-hydrogen) atoms. The number of fused-ring (bicyclic) bond motifs is 6. The largest absolute Gasteiger partial charge is 0.449 e. The third-order valence-corrected chi connectivity index (χ3v) is 12.3. The molecule has 0 bridgehead atoms. The van der Waals surface area contributed by atoms with Crippen molar-refractivity contribution in [2.45, 2.75) is 0 Å². The number of hydrogen-bond donors (Lipinski definition) is 0. The van der Waals surface area contributed by atoms with Crippen molar-refractivity contribution < 1.29 is 9.47 Å². The Morgan fingerprint density at radius 1 is 0.297 bits per heavy atom. The van der Waals surface area contributed by atoms with Crippen LogP contribution in [0.3, 0.4) is 0 Å². The Labute approximate surface area is 372 Å². The maximum Gasteiger partial charge on any atom is 0.194 e. The van der Waals surface area contributed by atoms with E-state index in [-0.39, 0.29) is 0 Å². The van der Waals surface area contributed by atoms with Crippen LogP contribution in [0.25, 0.3) is 72.0 Å². The number of rotatable bonds is 8. The van der Waals surface area contributed by atoms with Crippen molar-refractivity contribution in [2.24, 2.45) is 0 Å². The van der Waals surface area contributed by atoms with Gasteiger partial charge in [-0.05, 0) is 129 Å². The zero-order chi connectivity index (χ0) is 42.4. The standard InChI is InChI=1S/C60H40N2O2/c1-4-12-41(13-5-1)44-20-29-49(30-21-44)61(50-31-22-45(23-32-50)42-14-6-2-7-15-42)51-33-24-46(25-34-51)47-26-35-52(36-27-47)62-55-38-28-48(43-16-8-3-9-17-43)40-54(55)53-37-39-58-60(59(53)62)64-57-19-11-10-18-56(57)63-58/h1-40H. The summed E-state index contributed by atoms with van der Waals surface area (Å²) >= 11 is 0. The van der Waals surface area contributed by atoms with Crippen molar-refractivity contribution >= 4 is 38.9 Å². The molecular weight excluding hydrogens is 781 g/mol. The van der Waals surface area contributed by atoms with Gasteiger partial charge in [0.15, 0.2) is 23.0 Å². The van der Waals surface area contributed by atoms with E-state index in [4.69, 9.17) is 9.47 Å². The minimum atomic E-state index is 0.698. The lowest BCUT2D eigenvalue weighted by molar-refractivity contribution is 0.362. The van der Waals surface area contributed by atoms with Gasteiger partial charge < -0.3 is 18.9 Å². The monoisotopic (exact) mass is 820 g/mol. The Bertz CT molecular complexity index is 3350. The van der Waals surface area contributed by atoms with Crippen LogP contribution in [-0.4, -0.2) is 4.57 Å². The summed E-state index contributed by atoms with van der Waals surface area (Å²) in [5.74, 6) is 2.82. The fourth-order valence-electron chi connectivity index (χ4n) is 9.08. The molecule has 1 aliphatic heterocycles. The fraction of sp³-hybridized carbons (Fsp3) is 0. The minimum Gasteiger partial charge on any atom is -0.449 e. The molecule has 0 N–H and O–H groups in total. The van der Waals surface area contributed by atoms with E-state index >= 15 is 0 Å². The lowest BCUT2D eigenvalue weighted by Crippen LogP contribution is -2.09. The number of para-hydroxylation sites is 2. The van der Waals surface area contributed by atoms with E-state index in [1.165, 1.54) is 27.8 Å². The molecule has 0 saturated carbocycles. The van der Waals surface area contributed by atoms with E-state index in [0.717, 1.165) is 61.2 Å².